The third-order valence-electron chi connectivity index (χ3n) is 1.92. The summed E-state index contributed by atoms with van der Waals surface area (Å²) in [5.41, 5.74) is 1.11. The Morgan fingerprint density at radius 1 is 1.43 bits per heavy atom. The molecule has 0 amide bonds. The molecule has 0 bridgehead atoms. The molecule has 14 heavy (non-hydrogen) atoms. The van der Waals surface area contributed by atoms with Crippen LogP contribution in [0.3, 0.4) is 0 Å². The molecule has 0 saturated heterocycles. The minimum atomic E-state index is -0.227. The Bertz CT molecular complexity index is 435. The van der Waals surface area contributed by atoms with Crippen LogP contribution in [-0.2, 0) is 4.79 Å². The van der Waals surface area contributed by atoms with Crippen LogP contribution in [0.4, 0.5) is 0 Å². The second kappa shape index (κ2) is 4.24. The van der Waals surface area contributed by atoms with E-state index in [9.17, 15) is 4.79 Å². The molecule has 72 valence electrons. The van der Waals surface area contributed by atoms with Crippen molar-refractivity contribution < 1.29 is 4.79 Å². The second-order valence-corrected chi connectivity index (χ2v) is 5.73. The number of benzene rings is 1. The molecule has 0 radical (unpaired) electrons. The lowest BCUT2D eigenvalue weighted by molar-refractivity contribution is -0.106. The van der Waals surface area contributed by atoms with Gasteiger partial charge in [-0.05, 0) is 29.1 Å². The van der Waals surface area contributed by atoms with Crippen LogP contribution in [-0.4, -0.2) is 16.2 Å². The summed E-state index contributed by atoms with van der Waals surface area (Å²) in [5.74, 6) is 0.866. The third kappa shape index (κ3) is 2.22. The minimum absolute atomic E-state index is 0.227. The van der Waals surface area contributed by atoms with E-state index in [0.717, 1.165) is 15.8 Å². The highest BCUT2D eigenvalue weighted by atomic mass is 79.9. The molecule has 3 heteroatoms. The summed E-state index contributed by atoms with van der Waals surface area (Å²) < 4.78 is 1.05. The fourth-order valence-electron chi connectivity index (χ4n) is 1.27. The van der Waals surface area contributed by atoms with Crippen molar-refractivity contribution in [2.75, 3.05) is 5.75 Å². The first-order chi connectivity index (χ1) is 6.75. The maximum atomic E-state index is 11.3. The van der Waals surface area contributed by atoms with Crippen LogP contribution in [0.5, 0.6) is 0 Å². The molecule has 1 unspecified atom stereocenters. The number of carbonyl (C=O) groups excluding carboxylic acids is 1. The first-order valence-corrected chi connectivity index (χ1v) is 6.51. The topological polar surface area (TPSA) is 17.1 Å². The summed E-state index contributed by atoms with van der Waals surface area (Å²) >= 11 is 3.41. The zero-order valence-electron chi connectivity index (χ0n) is 7.44. The Kier molecular flexibility index (Phi) is 2.99. The van der Waals surface area contributed by atoms with Gasteiger partial charge in [0.1, 0.15) is 0 Å². The van der Waals surface area contributed by atoms with E-state index < -0.39 is 0 Å². The molecular formula is C11H9BrOS. The second-order valence-electron chi connectivity index (χ2n) is 2.99. The summed E-state index contributed by atoms with van der Waals surface area (Å²) in [4.78, 5) is 11.3. The van der Waals surface area contributed by atoms with Crippen molar-refractivity contribution in [2.24, 2.45) is 0 Å². The van der Waals surface area contributed by atoms with Gasteiger partial charge < -0.3 is 0 Å². The van der Waals surface area contributed by atoms with E-state index in [2.05, 4.69) is 15.9 Å². The van der Waals surface area contributed by atoms with Gasteiger partial charge in [-0.15, -0.1) is 10.5 Å². The summed E-state index contributed by atoms with van der Waals surface area (Å²) in [6.07, 6.45) is 3.62. The van der Waals surface area contributed by atoms with Gasteiger partial charge >= 0.3 is 0 Å². The fraction of sp³-hybridized carbons (Fsp3) is 0.0909. The van der Waals surface area contributed by atoms with E-state index in [1.807, 2.05) is 35.7 Å². The quantitative estimate of drug-likeness (QED) is 0.716. The molecule has 1 aliphatic heterocycles. The van der Waals surface area contributed by atoms with E-state index in [1.54, 1.807) is 6.08 Å². The van der Waals surface area contributed by atoms with Crippen molar-refractivity contribution in [3.63, 3.8) is 0 Å². The molecule has 0 aromatic heterocycles. The molecular weight excluding hydrogens is 260 g/mol. The fourth-order valence-corrected chi connectivity index (χ4v) is 3.11. The van der Waals surface area contributed by atoms with E-state index in [-0.39, 0.29) is 15.6 Å². The van der Waals surface area contributed by atoms with Crippen LogP contribution in [0.25, 0.3) is 0 Å². The van der Waals surface area contributed by atoms with E-state index in [1.165, 1.54) is 0 Å². The van der Waals surface area contributed by atoms with Crippen molar-refractivity contribution in [2.45, 2.75) is 0 Å². The van der Waals surface area contributed by atoms with E-state index in [4.69, 9.17) is 0 Å². The number of hydrogen-bond acceptors (Lipinski definition) is 1. The smallest absolute Gasteiger partial charge is 0.206 e. The van der Waals surface area contributed by atoms with Crippen molar-refractivity contribution in [1.29, 1.82) is 0 Å². The molecule has 1 aromatic rings. The zero-order valence-corrected chi connectivity index (χ0v) is 9.85. The highest BCUT2D eigenvalue weighted by Crippen LogP contribution is 2.22. The Labute approximate surface area is 93.9 Å². The van der Waals surface area contributed by atoms with Gasteiger partial charge in [0.25, 0.3) is 0 Å². The maximum absolute atomic E-state index is 11.3. The predicted octanol–water partition coefficient (Wildman–Crippen LogP) is 2.96. The normalized spacial score (nSPS) is 20.6. The Morgan fingerprint density at radius 2 is 2.29 bits per heavy atom. The van der Waals surface area contributed by atoms with Crippen molar-refractivity contribution in [3.05, 3.63) is 46.5 Å². The lowest BCUT2D eigenvalue weighted by Crippen LogP contribution is -1.88. The van der Waals surface area contributed by atoms with Gasteiger partial charge in [-0.2, -0.15) is 0 Å². The van der Waals surface area contributed by atoms with Crippen LogP contribution in [0, 0.1) is 0 Å². The molecule has 2 rings (SSSR count). The van der Waals surface area contributed by atoms with Crippen molar-refractivity contribution in [3.8, 4) is 0 Å². The van der Waals surface area contributed by atoms with Gasteiger partial charge in [-0.3, -0.25) is 4.79 Å². The monoisotopic (exact) mass is 268 g/mol. The lowest BCUT2D eigenvalue weighted by Gasteiger charge is -1.98. The average Bonchev–Trinajstić information content (AvgIpc) is 2.52. The Balaban J connectivity index is 2.30. The number of hydrogen-bond donors (Lipinski definition) is 0. The molecule has 1 atom stereocenters. The van der Waals surface area contributed by atoms with E-state index >= 15 is 0 Å². The summed E-state index contributed by atoms with van der Waals surface area (Å²) in [5, 5.41) is 2.29. The number of halogens is 1. The highest BCUT2D eigenvalue weighted by molar-refractivity contribution is 9.10. The van der Waals surface area contributed by atoms with Crippen molar-refractivity contribution in [1.82, 2.24) is 0 Å². The van der Waals surface area contributed by atoms with Crippen LogP contribution >= 0.6 is 26.4 Å². The molecule has 1 heterocycles. The lowest BCUT2D eigenvalue weighted by atomic mass is 10.2. The first-order valence-electron chi connectivity index (χ1n) is 4.26. The van der Waals surface area contributed by atoms with Crippen LogP contribution in [0.2, 0.25) is 0 Å². The summed E-state index contributed by atoms with van der Waals surface area (Å²) in [6.45, 7) is 0. The maximum Gasteiger partial charge on any atom is 0.206 e. The molecule has 0 aliphatic carbocycles. The predicted molar refractivity (Wildman–Crippen MR) is 65.9 cm³/mol. The van der Waals surface area contributed by atoms with Crippen LogP contribution < -0.4 is 0 Å². The largest absolute Gasteiger partial charge is 0.283 e. The van der Waals surface area contributed by atoms with Crippen LogP contribution in [0.1, 0.15) is 5.56 Å². The van der Waals surface area contributed by atoms with Gasteiger partial charge in [0.05, 0.1) is 0 Å². The van der Waals surface area contributed by atoms with E-state index in [0.29, 0.717) is 0 Å². The highest BCUT2D eigenvalue weighted by Gasteiger charge is 2.08. The summed E-state index contributed by atoms with van der Waals surface area (Å²) in [6, 6.07) is 8.00. The Hall–Kier alpha value is -0.670. The van der Waals surface area contributed by atoms with Gasteiger partial charge in [-0.25, -0.2) is 0 Å². The third-order valence-corrected chi connectivity index (χ3v) is 4.17. The van der Waals surface area contributed by atoms with Gasteiger partial charge in [0, 0.05) is 10.2 Å². The summed E-state index contributed by atoms with van der Waals surface area (Å²) in [7, 11) is -0.227. The number of carbonyl (C=O) groups is 1. The van der Waals surface area contributed by atoms with Crippen LogP contribution in [0.15, 0.2) is 40.9 Å². The Morgan fingerprint density at radius 3 is 2.93 bits per heavy atom. The standard InChI is InChI=1S/C11H9BrOS/c12-10-4-1-3-9(7-10)8-14-6-2-5-11(14)13/h1-5,7-8H,6H2. The molecule has 0 saturated carbocycles. The average molecular weight is 269 g/mol. The molecule has 1 aliphatic rings. The van der Waals surface area contributed by atoms with Gasteiger partial charge in [-0.1, -0.05) is 34.1 Å². The first kappa shape index (κ1) is 9.87. The van der Waals surface area contributed by atoms with Gasteiger partial charge in [0.15, 0.2) is 0 Å². The minimum Gasteiger partial charge on any atom is -0.283 e. The molecule has 1 nitrogen and oxygen atoms in total. The molecule has 1 aromatic carbocycles. The molecule has 0 N–H and O–H groups in total. The molecule has 0 fully saturated rings. The molecule has 0 spiro atoms. The van der Waals surface area contributed by atoms with Crippen molar-refractivity contribution >= 4 is 36.9 Å². The zero-order chi connectivity index (χ0) is 9.97. The number of rotatable bonds is 1. The van der Waals surface area contributed by atoms with Gasteiger partial charge in [0.2, 0.25) is 5.12 Å². The SMILES string of the molecule is O=C1C=CC/S1=C/c1cccc(Br)c1.